The highest BCUT2D eigenvalue weighted by Crippen LogP contribution is 2.23. The van der Waals surface area contributed by atoms with Gasteiger partial charge in [-0.15, -0.1) is 0 Å². The summed E-state index contributed by atoms with van der Waals surface area (Å²) in [6.07, 6.45) is 1.06. The second-order valence-corrected chi connectivity index (χ2v) is 10.0. The van der Waals surface area contributed by atoms with Gasteiger partial charge in [-0.05, 0) is 54.7 Å². The minimum Gasteiger partial charge on any atom is -0.452 e. The summed E-state index contributed by atoms with van der Waals surface area (Å²) >= 11 is 5.81. The van der Waals surface area contributed by atoms with Crippen LogP contribution in [-0.2, 0) is 19.6 Å². The Morgan fingerprint density at radius 2 is 1.68 bits per heavy atom. The SMILES string of the molecule is CC1CC(C)CN(C(=O)COC(=O)c2ccccc2NS(=O)(=O)c2ccc(Cl)cc2)C1. The molecule has 0 aromatic heterocycles. The first-order chi connectivity index (χ1) is 14.7. The molecule has 0 bridgehead atoms. The number of nitrogens with zero attached hydrogens (tertiary/aromatic N) is 1. The maximum absolute atomic E-state index is 12.7. The van der Waals surface area contributed by atoms with Gasteiger partial charge in [-0.25, -0.2) is 13.2 Å². The molecule has 1 heterocycles. The van der Waals surface area contributed by atoms with E-state index in [0.29, 0.717) is 29.9 Å². The normalized spacial score (nSPS) is 19.0. The van der Waals surface area contributed by atoms with Crippen LogP contribution in [0.25, 0.3) is 0 Å². The number of sulfonamides is 1. The number of ether oxygens (including phenoxy) is 1. The molecule has 31 heavy (non-hydrogen) atoms. The second-order valence-electron chi connectivity index (χ2n) is 7.93. The van der Waals surface area contributed by atoms with Gasteiger partial charge in [0.2, 0.25) is 0 Å². The van der Waals surface area contributed by atoms with Crippen LogP contribution in [0.5, 0.6) is 0 Å². The fourth-order valence-corrected chi connectivity index (χ4v) is 4.94. The largest absolute Gasteiger partial charge is 0.452 e. The summed E-state index contributed by atoms with van der Waals surface area (Å²) in [5.74, 6) is -0.246. The Labute approximate surface area is 187 Å². The molecule has 3 rings (SSSR count). The summed E-state index contributed by atoms with van der Waals surface area (Å²) in [6, 6.07) is 11.7. The Kier molecular flexibility index (Phi) is 7.23. The molecule has 0 aliphatic carbocycles. The third-order valence-corrected chi connectivity index (χ3v) is 6.70. The van der Waals surface area contributed by atoms with Gasteiger partial charge in [0.1, 0.15) is 0 Å². The molecule has 0 spiro atoms. The molecule has 7 nitrogen and oxygen atoms in total. The maximum Gasteiger partial charge on any atom is 0.340 e. The van der Waals surface area contributed by atoms with E-state index in [1.807, 2.05) is 0 Å². The van der Waals surface area contributed by atoms with E-state index in [9.17, 15) is 18.0 Å². The Bertz CT molecular complexity index is 1050. The molecule has 0 saturated carbocycles. The number of piperidine rings is 1. The topological polar surface area (TPSA) is 92.8 Å². The smallest absolute Gasteiger partial charge is 0.340 e. The van der Waals surface area contributed by atoms with Crippen LogP contribution < -0.4 is 4.72 Å². The van der Waals surface area contributed by atoms with Crippen molar-refractivity contribution in [2.75, 3.05) is 24.4 Å². The van der Waals surface area contributed by atoms with Gasteiger partial charge in [-0.2, -0.15) is 0 Å². The molecule has 2 aromatic carbocycles. The minimum absolute atomic E-state index is 0.00332. The molecule has 0 radical (unpaired) electrons. The third-order valence-electron chi connectivity index (χ3n) is 5.06. The zero-order chi connectivity index (χ0) is 22.6. The van der Waals surface area contributed by atoms with Crippen molar-refractivity contribution in [3.8, 4) is 0 Å². The van der Waals surface area contributed by atoms with Gasteiger partial charge in [-0.1, -0.05) is 37.6 Å². The number of likely N-dealkylation sites (tertiary alicyclic amines) is 1. The summed E-state index contributed by atoms with van der Waals surface area (Å²) < 4.78 is 32.9. The number of para-hydroxylation sites is 1. The van der Waals surface area contributed by atoms with Gasteiger partial charge in [0, 0.05) is 18.1 Å². The van der Waals surface area contributed by atoms with E-state index in [0.717, 1.165) is 6.42 Å². The molecule has 1 fully saturated rings. The average molecular weight is 465 g/mol. The van der Waals surface area contributed by atoms with E-state index in [1.165, 1.54) is 36.4 Å². The Morgan fingerprint density at radius 1 is 1.06 bits per heavy atom. The molecular formula is C22H25ClN2O5S. The van der Waals surface area contributed by atoms with Gasteiger partial charge in [0.05, 0.1) is 16.1 Å². The molecule has 2 atom stereocenters. The zero-order valence-corrected chi connectivity index (χ0v) is 18.9. The number of halogens is 1. The number of anilines is 1. The maximum atomic E-state index is 12.7. The van der Waals surface area contributed by atoms with Crippen molar-refractivity contribution in [3.63, 3.8) is 0 Å². The van der Waals surface area contributed by atoms with E-state index in [-0.39, 0.29) is 22.1 Å². The molecule has 1 N–H and O–H groups in total. The van der Waals surface area contributed by atoms with Crippen molar-refractivity contribution in [1.29, 1.82) is 0 Å². The summed E-state index contributed by atoms with van der Waals surface area (Å²) in [5, 5.41) is 0.407. The number of nitrogens with one attached hydrogen (secondary N) is 1. The Morgan fingerprint density at radius 3 is 2.32 bits per heavy atom. The highest BCUT2D eigenvalue weighted by molar-refractivity contribution is 7.92. The third kappa shape index (κ3) is 5.98. The first-order valence-corrected chi connectivity index (χ1v) is 11.8. The number of hydrogen-bond donors (Lipinski definition) is 1. The van der Waals surface area contributed by atoms with Crippen molar-refractivity contribution in [1.82, 2.24) is 4.90 Å². The predicted molar refractivity (Wildman–Crippen MR) is 119 cm³/mol. The van der Waals surface area contributed by atoms with Crippen LogP contribution in [-0.4, -0.2) is 44.9 Å². The minimum atomic E-state index is -3.94. The molecular weight excluding hydrogens is 440 g/mol. The van der Waals surface area contributed by atoms with E-state index in [2.05, 4.69) is 18.6 Å². The van der Waals surface area contributed by atoms with E-state index >= 15 is 0 Å². The molecule has 166 valence electrons. The van der Waals surface area contributed by atoms with Crippen LogP contribution in [0.3, 0.4) is 0 Å². The van der Waals surface area contributed by atoms with Crippen LogP contribution in [0.2, 0.25) is 5.02 Å². The predicted octanol–water partition coefficient (Wildman–Crippen LogP) is 3.80. The van der Waals surface area contributed by atoms with Crippen molar-refractivity contribution >= 4 is 39.2 Å². The highest BCUT2D eigenvalue weighted by atomic mass is 35.5. The number of esters is 1. The summed E-state index contributed by atoms with van der Waals surface area (Å²) in [4.78, 5) is 26.8. The zero-order valence-electron chi connectivity index (χ0n) is 17.4. The van der Waals surface area contributed by atoms with Crippen molar-refractivity contribution in [3.05, 3.63) is 59.1 Å². The number of carbonyl (C=O) groups is 2. The number of rotatable bonds is 6. The van der Waals surface area contributed by atoms with Gasteiger partial charge in [-0.3, -0.25) is 9.52 Å². The van der Waals surface area contributed by atoms with Gasteiger partial charge in [0.25, 0.3) is 15.9 Å². The lowest BCUT2D eigenvalue weighted by Crippen LogP contribution is -2.44. The first kappa shape index (κ1) is 23.1. The lowest BCUT2D eigenvalue weighted by molar-refractivity contribution is -0.137. The van der Waals surface area contributed by atoms with Gasteiger partial charge in [0.15, 0.2) is 6.61 Å². The number of hydrogen-bond acceptors (Lipinski definition) is 5. The fourth-order valence-electron chi connectivity index (χ4n) is 3.73. The Balaban J connectivity index is 1.69. The highest BCUT2D eigenvalue weighted by Gasteiger charge is 2.26. The summed E-state index contributed by atoms with van der Waals surface area (Å²) in [7, 11) is -3.94. The second kappa shape index (κ2) is 9.70. The van der Waals surface area contributed by atoms with Crippen molar-refractivity contribution < 1.29 is 22.7 Å². The van der Waals surface area contributed by atoms with E-state index < -0.39 is 22.6 Å². The molecule has 1 aliphatic heterocycles. The molecule has 1 amide bonds. The van der Waals surface area contributed by atoms with Crippen LogP contribution in [0, 0.1) is 11.8 Å². The number of carbonyl (C=O) groups excluding carboxylic acids is 2. The van der Waals surface area contributed by atoms with Crippen molar-refractivity contribution in [2.24, 2.45) is 11.8 Å². The molecule has 9 heteroatoms. The van der Waals surface area contributed by atoms with Crippen LogP contribution in [0.4, 0.5) is 5.69 Å². The number of benzene rings is 2. The molecule has 1 saturated heterocycles. The first-order valence-electron chi connectivity index (χ1n) is 9.98. The molecule has 2 unspecified atom stereocenters. The summed E-state index contributed by atoms with van der Waals surface area (Å²) in [6.45, 7) is 5.06. The van der Waals surface area contributed by atoms with Crippen LogP contribution in [0.1, 0.15) is 30.6 Å². The van der Waals surface area contributed by atoms with E-state index in [1.54, 1.807) is 17.0 Å². The lowest BCUT2D eigenvalue weighted by Gasteiger charge is -2.34. The van der Waals surface area contributed by atoms with Gasteiger partial charge < -0.3 is 9.64 Å². The lowest BCUT2D eigenvalue weighted by atomic mass is 9.92. The monoisotopic (exact) mass is 464 g/mol. The van der Waals surface area contributed by atoms with Gasteiger partial charge >= 0.3 is 5.97 Å². The fraction of sp³-hybridized carbons (Fsp3) is 0.364. The van der Waals surface area contributed by atoms with E-state index in [4.69, 9.17) is 16.3 Å². The quantitative estimate of drug-likeness (QED) is 0.656. The van der Waals surface area contributed by atoms with Crippen molar-refractivity contribution in [2.45, 2.75) is 25.2 Å². The molecule has 2 aromatic rings. The standard InChI is InChI=1S/C22H25ClN2O5S/c1-15-11-16(2)13-25(12-15)21(26)14-30-22(27)19-5-3-4-6-20(19)24-31(28,29)18-9-7-17(23)8-10-18/h3-10,15-16,24H,11-14H2,1-2H3. The Hall–Kier alpha value is -2.58. The summed E-state index contributed by atoms with van der Waals surface area (Å²) in [5.41, 5.74) is 0.0864. The number of amides is 1. The average Bonchev–Trinajstić information content (AvgIpc) is 2.71. The van der Waals surface area contributed by atoms with Crippen LogP contribution >= 0.6 is 11.6 Å². The van der Waals surface area contributed by atoms with Crippen LogP contribution in [0.15, 0.2) is 53.4 Å². The molecule has 1 aliphatic rings.